The van der Waals surface area contributed by atoms with Gasteiger partial charge >= 0.3 is 11.7 Å². The van der Waals surface area contributed by atoms with Gasteiger partial charge in [-0.15, -0.1) is 11.3 Å². The number of hydrogen-bond donors (Lipinski definition) is 0. The summed E-state index contributed by atoms with van der Waals surface area (Å²) < 4.78 is 53.3. The van der Waals surface area contributed by atoms with E-state index in [9.17, 15) is 26.8 Å². The molecule has 0 spiro atoms. The molecule has 0 atom stereocenters. The molecule has 7 nitrogen and oxygen atoms in total. The lowest BCUT2D eigenvalue weighted by Gasteiger charge is -2.18. The third kappa shape index (κ3) is 5.60. The molecule has 0 bridgehead atoms. The minimum atomic E-state index is -4.74. The van der Waals surface area contributed by atoms with Gasteiger partial charge in [0.2, 0.25) is 15.7 Å². The van der Waals surface area contributed by atoms with Crippen LogP contribution < -0.4 is 4.90 Å². The van der Waals surface area contributed by atoms with Crippen molar-refractivity contribution in [2.24, 2.45) is 0 Å². The van der Waals surface area contributed by atoms with Crippen molar-refractivity contribution in [3.8, 4) is 0 Å². The highest BCUT2D eigenvalue weighted by molar-refractivity contribution is 7.91. The topological polar surface area (TPSA) is 93.6 Å². The van der Waals surface area contributed by atoms with Crippen LogP contribution in [0.2, 0.25) is 0 Å². The van der Waals surface area contributed by atoms with Crippen LogP contribution in [0.4, 0.5) is 19.6 Å². The summed E-state index contributed by atoms with van der Waals surface area (Å²) in [5.41, 5.74) is 2.21. The maximum atomic E-state index is 12.6. The Kier molecular flexibility index (Phi) is 7.54. The van der Waals surface area contributed by atoms with Crippen molar-refractivity contribution in [1.29, 1.82) is 0 Å². The first-order chi connectivity index (χ1) is 15.6. The predicted molar refractivity (Wildman–Crippen MR) is 120 cm³/mol. The van der Waals surface area contributed by atoms with Crippen LogP contribution in [0.3, 0.4) is 0 Å². The van der Waals surface area contributed by atoms with Crippen molar-refractivity contribution in [2.45, 2.75) is 37.5 Å². The fourth-order valence-electron chi connectivity index (χ4n) is 2.88. The summed E-state index contributed by atoms with van der Waals surface area (Å²) in [5.74, 6) is -4.55. The number of thiazole rings is 1. The van der Waals surface area contributed by atoms with Crippen LogP contribution in [-0.2, 0) is 32.4 Å². The van der Waals surface area contributed by atoms with E-state index in [1.54, 1.807) is 5.38 Å². The smallest absolute Gasteiger partial charge is 0.341 e. The van der Waals surface area contributed by atoms with Crippen LogP contribution in [0.5, 0.6) is 0 Å². The van der Waals surface area contributed by atoms with Crippen LogP contribution in [0, 0.1) is 0 Å². The molecule has 174 valence electrons. The van der Waals surface area contributed by atoms with E-state index in [0.717, 1.165) is 36.2 Å². The summed E-state index contributed by atoms with van der Waals surface area (Å²) in [6.07, 6.45) is 0.873. The van der Waals surface area contributed by atoms with Gasteiger partial charge in [0.15, 0.2) is 5.13 Å². The molecule has 0 aliphatic heterocycles. The second kappa shape index (κ2) is 10.2. The van der Waals surface area contributed by atoms with E-state index in [-0.39, 0.29) is 18.1 Å². The molecule has 0 unspecified atom stereocenters. The molecule has 0 aliphatic carbocycles. The number of alkyl halides is 2. The number of rotatable bonds is 8. The lowest BCUT2D eigenvalue weighted by molar-refractivity contribution is -0.115. The van der Waals surface area contributed by atoms with E-state index in [4.69, 9.17) is 4.74 Å². The number of aryl methyl sites for hydroxylation is 1. The van der Waals surface area contributed by atoms with E-state index in [1.165, 1.54) is 23.2 Å². The first kappa shape index (κ1) is 24.5. The molecule has 0 N–H and O–H groups in total. The molecule has 0 aliphatic rings. The zero-order valence-corrected chi connectivity index (χ0v) is 19.3. The Balaban J connectivity index is 1.68. The number of esters is 1. The van der Waals surface area contributed by atoms with Crippen molar-refractivity contribution >= 4 is 43.9 Å². The third-order valence-electron chi connectivity index (χ3n) is 4.65. The summed E-state index contributed by atoms with van der Waals surface area (Å²) in [6.45, 7) is 3.27. The van der Waals surface area contributed by atoms with E-state index < -0.39 is 26.5 Å². The number of halogens is 2. The molecule has 11 heteroatoms. The molecule has 0 saturated carbocycles. The van der Waals surface area contributed by atoms with Crippen molar-refractivity contribution in [3.63, 3.8) is 0 Å². The number of aromatic nitrogens is 1. The Morgan fingerprint density at radius 2 is 1.73 bits per heavy atom. The number of hydrogen-bond acceptors (Lipinski definition) is 7. The predicted octanol–water partition coefficient (Wildman–Crippen LogP) is 4.74. The summed E-state index contributed by atoms with van der Waals surface area (Å²) in [5, 5.41) is 2.07. The number of carbonyl (C=O) groups is 2. The van der Waals surface area contributed by atoms with Gasteiger partial charge in [0.05, 0.1) is 21.8 Å². The van der Waals surface area contributed by atoms with Crippen LogP contribution in [0.1, 0.15) is 35.5 Å². The van der Waals surface area contributed by atoms with E-state index in [1.807, 2.05) is 31.2 Å². The van der Waals surface area contributed by atoms with Crippen LogP contribution in [-0.4, -0.2) is 31.0 Å². The molecular formula is C22H20F2N2O5S2. The maximum Gasteiger partial charge on any atom is 0.341 e. The molecule has 2 aromatic carbocycles. The number of anilines is 2. The molecule has 0 saturated heterocycles. The average Bonchev–Trinajstić information content (AvgIpc) is 3.26. The standard InChI is InChI=1S/C22H20F2N2O5S2/c1-3-15-4-8-18(9-5-15)26(14(2)27)22-25-17(13-32-22)12-31-20(28)16-6-10-19(11-7-16)33(29,30)21(23)24/h4-11,13,21H,3,12H2,1-2H3. The summed E-state index contributed by atoms with van der Waals surface area (Å²) in [4.78, 5) is 29.7. The van der Waals surface area contributed by atoms with Crippen LogP contribution in [0.15, 0.2) is 58.8 Å². The lowest BCUT2D eigenvalue weighted by Crippen LogP contribution is -2.22. The Morgan fingerprint density at radius 3 is 2.27 bits per heavy atom. The molecule has 1 amide bonds. The first-order valence-electron chi connectivity index (χ1n) is 9.76. The summed E-state index contributed by atoms with van der Waals surface area (Å²) in [6, 6.07) is 11.6. The largest absolute Gasteiger partial charge is 0.456 e. The van der Waals surface area contributed by atoms with Gasteiger partial charge in [-0.2, -0.15) is 8.78 Å². The second-order valence-electron chi connectivity index (χ2n) is 6.90. The summed E-state index contributed by atoms with van der Waals surface area (Å²) in [7, 11) is -4.74. The Hall–Kier alpha value is -3.18. The highest BCUT2D eigenvalue weighted by Crippen LogP contribution is 2.29. The van der Waals surface area contributed by atoms with Gasteiger partial charge in [-0.3, -0.25) is 9.69 Å². The van der Waals surface area contributed by atoms with E-state index >= 15 is 0 Å². The molecule has 3 rings (SSSR count). The molecule has 33 heavy (non-hydrogen) atoms. The quantitative estimate of drug-likeness (QED) is 0.420. The zero-order chi connectivity index (χ0) is 24.2. The van der Waals surface area contributed by atoms with Crippen molar-refractivity contribution < 1.29 is 31.5 Å². The number of nitrogens with zero attached hydrogens (tertiary/aromatic N) is 2. The van der Waals surface area contributed by atoms with E-state index in [0.29, 0.717) is 16.5 Å². The number of benzene rings is 2. The van der Waals surface area contributed by atoms with Gasteiger partial charge in [0.1, 0.15) is 6.61 Å². The van der Waals surface area contributed by atoms with Gasteiger partial charge in [-0.1, -0.05) is 19.1 Å². The third-order valence-corrected chi connectivity index (χ3v) is 6.93. The van der Waals surface area contributed by atoms with Gasteiger partial charge in [-0.25, -0.2) is 18.2 Å². The van der Waals surface area contributed by atoms with Crippen LogP contribution in [0.25, 0.3) is 0 Å². The van der Waals surface area contributed by atoms with Crippen molar-refractivity contribution in [3.05, 3.63) is 70.7 Å². The molecule has 1 heterocycles. The number of carbonyl (C=O) groups excluding carboxylic acids is 2. The lowest BCUT2D eigenvalue weighted by atomic mass is 10.1. The SMILES string of the molecule is CCc1ccc(N(C(C)=O)c2nc(COC(=O)c3ccc(S(=O)(=O)C(F)F)cc3)cs2)cc1. The molecular weight excluding hydrogens is 474 g/mol. The monoisotopic (exact) mass is 494 g/mol. The molecule has 1 aromatic heterocycles. The van der Waals surface area contributed by atoms with Gasteiger partial charge in [0, 0.05) is 12.3 Å². The first-order valence-corrected chi connectivity index (χ1v) is 12.2. The van der Waals surface area contributed by atoms with E-state index in [2.05, 4.69) is 4.98 Å². The highest BCUT2D eigenvalue weighted by Gasteiger charge is 2.26. The average molecular weight is 495 g/mol. The maximum absolute atomic E-state index is 12.6. The zero-order valence-electron chi connectivity index (χ0n) is 17.7. The van der Waals surface area contributed by atoms with Gasteiger partial charge < -0.3 is 4.74 Å². The highest BCUT2D eigenvalue weighted by atomic mass is 32.2. The molecule has 0 radical (unpaired) electrons. The van der Waals surface area contributed by atoms with Crippen molar-refractivity contribution in [1.82, 2.24) is 4.98 Å². The van der Waals surface area contributed by atoms with Crippen LogP contribution >= 0.6 is 11.3 Å². The number of sulfone groups is 1. The Labute approximate surface area is 193 Å². The number of ether oxygens (including phenoxy) is 1. The van der Waals surface area contributed by atoms with Crippen molar-refractivity contribution in [2.75, 3.05) is 4.90 Å². The second-order valence-corrected chi connectivity index (χ2v) is 9.66. The molecule has 0 fully saturated rings. The Bertz CT molecular complexity index is 1240. The summed E-state index contributed by atoms with van der Waals surface area (Å²) >= 11 is 1.21. The molecule has 3 aromatic rings. The Morgan fingerprint density at radius 1 is 1.09 bits per heavy atom. The minimum absolute atomic E-state index is 0.0000424. The fourth-order valence-corrected chi connectivity index (χ4v) is 4.47. The number of amides is 1. The minimum Gasteiger partial charge on any atom is -0.456 e. The fraction of sp³-hybridized carbons (Fsp3) is 0.227. The van der Waals surface area contributed by atoms with Gasteiger partial charge in [-0.05, 0) is 48.4 Å². The normalized spacial score (nSPS) is 11.4. The van der Waals surface area contributed by atoms with Gasteiger partial charge in [0.25, 0.3) is 0 Å².